The smallest absolute Gasteiger partial charge is 0.306 e. The number of carbonyl (C=O) groups is 1. The van der Waals surface area contributed by atoms with Crippen molar-refractivity contribution in [3.63, 3.8) is 0 Å². The highest BCUT2D eigenvalue weighted by molar-refractivity contribution is 5.67. The number of hydrogen-bond donors (Lipinski definition) is 2. The van der Waals surface area contributed by atoms with E-state index < -0.39 is 12.1 Å². The molecule has 0 aliphatic heterocycles. The van der Waals surface area contributed by atoms with Gasteiger partial charge in [-0.2, -0.15) is 0 Å². The summed E-state index contributed by atoms with van der Waals surface area (Å²) in [5, 5.41) is 18.3. The predicted octanol–water partition coefficient (Wildman–Crippen LogP) is 1.53. The van der Waals surface area contributed by atoms with Crippen LogP contribution >= 0.6 is 0 Å². The van der Waals surface area contributed by atoms with E-state index in [9.17, 15) is 9.90 Å². The van der Waals surface area contributed by atoms with Crippen LogP contribution in [0, 0.1) is 0 Å². The van der Waals surface area contributed by atoms with Gasteiger partial charge in [-0.15, -0.1) is 0 Å². The van der Waals surface area contributed by atoms with Crippen molar-refractivity contribution in [3.8, 4) is 5.75 Å². The van der Waals surface area contributed by atoms with Crippen molar-refractivity contribution in [2.75, 3.05) is 25.6 Å². The molecule has 5 heteroatoms. The van der Waals surface area contributed by atoms with Gasteiger partial charge in [0.05, 0.1) is 25.3 Å². The Labute approximate surface area is 113 Å². The van der Waals surface area contributed by atoms with E-state index in [0.717, 1.165) is 17.7 Å². The SMILES string of the molecule is CCc1ccc(OC)c(N(C)CC(O)CC(=O)O)c1. The summed E-state index contributed by atoms with van der Waals surface area (Å²) in [5.41, 5.74) is 2.02. The number of benzene rings is 1. The number of aryl methyl sites for hydroxylation is 1. The first-order chi connectivity index (χ1) is 8.97. The van der Waals surface area contributed by atoms with Gasteiger partial charge in [-0.05, 0) is 24.1 Å². The van der Waals surface area contributed by atoms with Crippen LogP contribution in [0.25, 0.3) is 0 Å². The van der Waals surface area contributed by atoms with Crippen LogP contribution in [0.5, 0.6) is 5.75 Å². The van der Waals surface area contributed by atoms with Gasteiger partial charge in [0.2, 0.25) is 0 Å². The molecule has 0 spiro atoms. The van der Waals surface area contributed by atoms with Crippen LogP contribution in [-0.4, -0.2) is 43.0 Å². The summed E-state index contributed by atoms with van der Waals surface area (Å²) < 4.78 is 5.29. The van der Waals surface area contributed by atoms with Crippen molar-refractivity contribution >= 4 is 11.7 Å². The third kappa shape index (κ3) is 4.44. The number of carboxylic acids is 1. The summed E-state index contributed by atoms with van der Waals surface area (Å²) in [4.78, 5) is 12.4. The molecule has 106 valence electrons. The van der Waals surface area contributed by atoms with Gasteiger partial charge >= 0.3 is 5.97 Å². The molecule has 0 heterocycles. The van der Waals surface area contributed by atoms with Crippen molar-refractivity contribution in [1.82, 2.24) is 0 Å². The average Bonchev–Trinajstić information content (AvgIpc) is 2.36. The van der Waals surface area contributed by atoms with Crippen LogP contribution in [0.3, 0.4) is 0 Å². The molecule has 0 radical (unpaired) electrons. The van der Waals surface area contributed by atoms with Crippen LogP contribution < -0.4 is 9.64 Å². The van der Waals surface area contributed by atoms with Crippen molar-refractivity contribution in [3.05, 3.63) is 23.8 Å². The molecule has 0 fully saturated rings. The number of ether oxygens (including phenoxy) is 1. The Balaban J connectivity index is 2.84. The second-order valence-corrected chi connectivity index (χ2v) is 4.49. The summed E-state index contributed by atoms with van der Waals surface area (Å²) >= 11 is 0. The van der Waals surface area contributed by atoms with Crippen LogP contribution in [-0.2, 0) is 11.2 Å². The highest BCUT2D eigenvalue weighted by Crippen LogP contribution is 2.29. The first-order valence-electron chi connectivity index (χ1n) is 6.25. The summed E-state index contributed by atoms with van der Waals surface area (Å²) in [6.07, 6.45) is -0.264. The van der Waals surface area contributed by atoms with Gasteiger partial charge in [-0.1, -0.05) is 13.0 Å². The Kier molecular flexibility index (Phi) is 5.63. The van der Waals surface area contributed by atoms with Crippen LogP contribution in [0.1, 0.15) is 18.9 Å². The van der Waals surface area contributed by atoms with Gasteiger partial charge in [0.1, 0.15) is 5.75 Å². The lowest BCUT2D eigenvalue weighted by Gasteiger charge is -2.24. The van der Waals surface area contributed by atoms with Crippen molar-refractivity contribution in [1.29, 1.82) is 0 Å². The maximum absolute atomic E-state index is 10.5. The number of carboxylic acid groups (broad SMARTS) is 1. The number of anilines is 1. The molecule has 19 heavy (non-hydrogen) atoms. The normalized spacial score (nSPS) is 12.0. The number of likely N-dealkylation sites (N-methyl/N-ethyl adjacent to an activating group) is 1. The van der Waals surface area contributed by atoms with Gasteiger partial charge in [0, 0.05) is 13.6 Å². The standard InChI is InChI=1S/C14H21NO4/c1-4-10-5-6-13(19-3)12(7-10)15(2)9-11(16)8-14(17)18/h5-7,11,16H,4,8-9H2,1-3H3,(H,17,18). The third-order valence-electron chi connectivity index (χ3n) is 2.96. The lowest BCUT2D eigenvalue weighted by atomic mass is 10.1. The van der Waals surface area contributed by atoms with E-state index >= 15 is 0 Å². The Bertz CT molecular complexity index is 433. The fourth-order valence-electron chi connectivity index (χ4n) is 1.93. The fraction of sp³-hybridized carbons (Fsp3) is 0.500. The highest BCUT2D eigenvalue weighted by Gasteiger charge is 2.15. The molecule has 0 bridgehead atoms. The number of methoxy groups -OCH3 is 1. The van der Waals surface area contributed by atoms with Crippen LogP contribution in [0.4, 0.5) is 5.69 Å². The minimum atomic E-state index is -1.00. The van der Waals surface area contributed by atoms with Crippen molar-refractivity contribution in [2.45, 2.75) is 25.9 Å². The minimum absolute atomic E-state index is 0.246. The van der Waals surface area contributed by atoms with E-state index in [-0.39, 0.29) is 13.0 Å². The lowest BCUT2D eigenvalue weighted by Crippen LogP contribution is -2.30. The van der Waals surface area contributed by atoms with Gasteiger partial charge < -0.3 is 19.8 Å². The van der Waals surface area contributed by atoms with E-state index in [1.807, 2.05) is 30.1 Å². The van der Waals surface area contributed by atoms with E-state index in [2.05, 4.69) is 6.92 Å². The molecule has 5 nitrogen and oxygen atoms in total. The van der Waals surface area contributed by atoms with Gasteiger partial charge in [0.25, 0.3) is 0 Å². The molecule has 1 unspecified atom stereocenters. The summed E-state index contributed by atoms with van der Waals surface area (Å²) in [6, 6.07) is 5.87. The molecule has 0 aliphatic carbocycles. The monoisotopic (exact) mass is 267 g/mol. The molecule has 0 saturated carbocycles. The molecule has 1 atom stereocenters. The topological polar surface area (TPSA) is 70.0 Å². The van der Waals surface area contributed by atoms with E-state index in [1.54, 1.807) is 7.11 Å². The maximum atomic E-state index is 10.5. The van der Waals surface area contributed by atoms with Crippen LogP contribution in [0.2, 0.25) is 0 Å². The Morgan fingerprint density at radius 1 is 1.47 bits per heavy atom. The quantitative estimate of drug-likeness (QED) is 0.784. The number of aliphatic hydroxyl groups is 1. The Hall–Kier alpha value is -1.75. The zero-order valence-corrected chi connectivity index (χ0v) is 11.6. The maximum Gasteiger partial charge on any atom is 0.306 e. The number of aliphatic carboxylic acids is 1. The van der Waals surface area contributed by atoms with Crippen molar-refractivity contribution in [2.24, 2.45) is 0 Å². The predicted molar refractivity (Wildman–Crippen MR) is 73.9 cm³/mol. The first kappa shape index (κ1) is 15.3. The molecule has 0 aliphatic rings. The van der Waals surface area contributed by atoms with Gasteiger partial charge in [0.15, 0.2) is 0 Å². The zero-order chi connectivity index (χ0) is 14.4. The molecule has 2 N–H and O–H groups in total. The molecule has 1 aromatic carbocycles. The number of nitrogens with zero attached hydrogens (tertiary/aromatic N) is 1. The molecule has 0 saturated heterocycles. The van der Waals surface area contributed by atoms with E-state index in [0.29, 0.717) is 5.75 Å². The lowest BCUT2D eigenvalue weighted by molar-refractivity contribution is -0.139. The van der Waals surface area contributed by atoms with Gasteiger partial charge in [-0.25, -0.2) is 0 Å². The summed E-state index contributed by atoms with van der Waals surface area (Å²) in [5.74, 6) is -0.294. The molecule has 1 aromatic rings. The van der Waals surface area contributed by atoms with Crippen LogP contribution in [0.15, 0.2) is 18.2 Å². The van der Waals surface area contributed by atoms with Gasteiger partial charge in [-0.3, -0.25) is 4.79 Å². The summed E-state index contributed by atoms with van der Waals surface area (Å²) in [7, 11) is 3.40. The Morgan fingerprint density at radius 3 is 2.68 bits per heavy atom. The number of rotatable bonds is 7. The average molecular weight is 267 g/mol. The minimum Gasteiger partial charge on any atom is -0.495 e. The number of hydrogen-bond acceptors (Lipinski definition) is 4. The highest BCUT2D eigenvalue weighted by atomic mass is 16.5. The second-order valence-electron chi connectivity index (χ2n) is 4.49. The summed E-state index contributed by atoms with van der Waals surface area (Å²) in [6.45, 7) is 2.31. The zero-order valence-electron chi connectivity index (χ0n) is 11.6. The third-order valence-corrected chi connectivity index (χ3v) is 2.96. The largest absolute Gasteiger partial charge is 0.495 e. The molecule has 0 aromatic heterocycles. The van der Waals surface area contributed by atoms with Crippen molar-refractivity contribution < 1.29 is 19.7 Å². The fourth-order valence-corrected chi connectivity index (χ4v) is 1.93. The van der Waals surface area contributed by atoms with E-state index in [4.69, 9.17) is 9.84 Å². The number of aliphatic hydroxyl groups excluding tert-OH is 1. The van der Waals surface area contributed by atoms with E-state index in [1.165, 1.54) is 0 Å². The first-order valence-corrected chi connectivity index (χ1v) is 6.25. The Morgan fingerprint density at radius 2 is 2.16 bits per heavy atom. The molecule has 0 amide bonds. The molecular formula is C14H21NO4. The molecule has 1 rings (SSSR count). The molecular weight excluding hydrogens is 246 g/mol. The second kappa shape index (κ2) is 6.99.